The summed E-state index contributed by atoms with van der Waals surface area (Å²) < 4.78 is 5.67. The standard InChI is InChI=1S/C19H13N9O6/c20-16-17(25-34-24-16)27-15(10-5-7-12(8-6-10)28(32)33)14(22-26-27)18(29)23-21-9-11-3-1-2-4-13(11)19(30)31/h1-9H,(H2,20,24)(H,23,29)(H,30,31). The van der Waals surface area contributed by atoms with Crippen molar-refractivity contribution in [1.82, 2.24) is 30.7 Å². The van der Waals surface area contributed by atoms with Crippen LogP contribution in [0.3, 0.4) is 0 Å². The number of hydrogen-bond acceptors (Lipinski definition) is 11. The summed E-state index contributed by atoms with van der Waals surface area (Å²) in [6.45, 7) is 0. The number of carboxylic acid groups (broad SMARTS) is 1. The van der Waals surface area contributed by atoms with Crippen LogP contribution in [0.15, 0.2) is 58.3 Å². The predicted octanol–water partition coefficient (Wildman–Crippen LogP) is 1.27. The molecular weight excluding hydrogens is 450 g/mol. The number of aromatic nitrogens is 5. The predicted molar refractivity (Wildman–Crippen MR) is 114 cm³/mol. The highest BCUT2D eigenvalue weighted by Gasteiger charge is 2.25. The van der Waals surface area contributed by atoms with E-state index in [1.165, 1.54) is 36.4 Å². The van der Waals surface area contributed by atoms with E-state index < -0.39 is 16.8 Å². The number of carbonyl (C=O) groups excluding carboxylic acids is 1. The summed E-state index contributed by atoms with van der Waals surface area (Å²) in [6.07, 6.45) is 1.16. The van der Waals surface area contributed by atoms with Gasteiger partial charge in [-0.3, -0.25) is 14.9 Å². The Hall–Kier alpha value is -5.47. The van der Waals surface area contributed by atoms with Crippen molar-refractivity contribution in [3.05, 3.63) is 75.5 Å². The number of carbonyl (C=O) groups is 2. The average Bonchev–Trinajstić information content (AvgIpc) is 3.45. The van der Waals surface area contributed by atoms with Crippen LogP contribution in [0.5, 0.6) is 0 Å². The van der Waals surface area contributed by atoms with E-state index in [4.69, 9.17) is 5.73 Å². The van der Waals surface area contributed by atoms with Crippen LogP contribution in [0.4, 0.5) is 11.5 Å². The first-order chi connectivity index (χ1) is 16.4. The van der Waals surface area contributed by atoms with E-state index >= 15 is 0 Å². The van der Waals surface area contributed by atoms with Gasteiger partial charge in [-0.1, -0.05) is 23.4 Å². The molecule has 170 valence electrons. The molecule has 2 aromatic heterocycles. The summed E-state index contributed by atoms with van der Waals surface area (Å²) in [5.74, 6) is -2.16. The van der Waals surface area contributed by atoms with Crippen LogP contribution >= 0.6 is 0 Å². The van der Waals surface area contributed by atoms with E-state index in [0.29, 0.717) is 5.56 Å². The molecule has 15 heteroatoms. The van der Waals surface area contributed by atoms with Gasteiger partial charge in [-0.25, -0.2) is 14.8 Å². The van der Waals surface area contributed by atoms with Gasteiger partial charge in [0.1, 0.15) is 5.69 Å². The number of nitro benzene ring substituents is 1. The Morgan fingerprint density at radius 2 is 1.91 bits per heavy atom. The summed E-state index contributed by atoms with van der Waals surface area (Å²) in [6, 6.07) is 11.3. The maximum atomic E-state index is 12.8. The van der Waals surface area contributed by atoms with Gasteiger partial charge < -0.3 is 10.8 Å². The number of amides is 1. The maximum absolute atomic E-state index is 12.8. The van der Waals surface area contributed by atoms with Crippen molar-refractivity contribution in [3.8, 4) is 17.1 Å². The molecule has 15 nitrogen and oxygen atoms in total. The molecule has 0 radical (unpaired) electrons. The molecule has 0 aliphatic heterocycles. The van der Waals surface area contributed by atoms with Crippen molar-refractivity contribution >= 4 is 29.6 Å². The number of non-ortho nitro benzene ring substituents is 1. The van der Waals surface area contributed by atoms with Crippen LogP contribution in [0.25, 0.3) is 17.1 Å². The van der Waals surface area contributed by atoms with E-state index in [9.17, 15) is 24.8 Å². The lowest BCUT2D eigenvalue weighted by Crippen LogP contribution is -2.19. The molecule has 0 saturated carbocycles. The Balaban J connectivity index is 1.70. The topological polar surface area (TPSA) is 218 Å². The van der Waals surface area contributed by atoms with Crippen LogP contribution < -0.4 is 11.2 Å². The number of hydrogen-bond donors (Lipinski definition) is 3. The number of nitro groups is 1. The van der Waals surface area contributed by atoms with E-state index in [1.54, 1.807) is 12.1 Å². The van der Waals surface area contributed by atoms with E-state index in [-0.39, 0.29) is 39.8 Å². The fourth-order valence-corrected chi connectivity index (χ4v) is 2.94. The lowest BCUT2D eigenvalue weighted by Gasteiger charge is -2.06. The quantitative estimate of drug-likeness (QED) is 0.201. The summed E-state index contributed by atoms with van der Waals surface area (Å²) in [4.78, 5) is 34.6. The molecule has 0 saturated heterocycles. The average molecular weight is 463 g/mol. The molecule has 34 heavy (non-hydrogen) atoms. The zero-order valence-electron chi connectivity index (χ0n) is 16.9. The summed E-state index contributed by atoms with van der Waals surface area (Å²) in [7, 11) is 0. The Morgan fingerprint density at radius 3 is 2.56 bits per heavy atom. The Morgan fingerprint density at radius 1 is 1.18 bits per heavy atom. The molecule has 0 fully saturated rings. The lowest BCUT2D eigenvalue weighted by molar-refractivity contribution is -0.384. The summed E-state index contributed by atoms with van der Waals surface area (Å²) >= 11 is 0. The number of carboxylic acids is 1. The van der Waals surface area contributed by atoms with Gasteiger partial charge >= 0.3 is 5.97 Å². The van der Waals surface area contributed by atoms with Gasteiger partial charge in [-0.15, -0.1) is 5.10 Å². The van der Waals surface area contributed by atoms with Gasteiger partial charge in [0, 0.05) is 23.3 Å². The van der Waals surface area contributed by atoms with E-state index in [2.05, 4.69) is 35.8 Å². The smallest absolute Gasteiger partial charge is 0.336 e. The van der Waals surface area contributed by atoms with Crippen LogP contribution in [-0.4, -0.2) is 53.4 Å². The second-order valence-electron chi connectivity index (χ2n) is 6.57. The number of nitrogens with two attached hydrogens (primary N) is 1. The summed E-state index contributed by atoms with van der Waals surface area (Å²) in [5.41, 5.74) is 8.25. The molecule has 0 aliphatic rings. The van der Waals surface area contributed by atoms with Crippen LogP contribution in [0.2, 0.25) is 0 Å². The highest BCUT2D eigenvalue weighted by molar-refractivity contribution is 6.00. The number of rotatable bonds is 7. The minimum absolute atomic E-state index is 0.00739. The van der Waals surface area contributed by atoms with Crippen molar-refractivity contribution < 1.29 is 24.2 Å². The monoisotopic (exact) mass is 463 g/mol. The van der Waals surface area contributed by atoms with E-state index in [1.807, 2.05) is 0 Å². The highest BCUT2D eigenvalue weighted by Crippen LogP contribution is 2.28. The Bertz CT molecular complexity index is 1420. The molecular formula is C19H13N9O6. The van der Waals surface area contributed by atoms with Gasteiger partial charge in [0.05, 0.1) is 16.7 Å². The van der Waals surface area contributed by atoms with Crippen LogP contribution in [0.1, 0.15) is 26.4 Å². The number of benzene rings is 2. The molecule has 4 rings (SSSR count). The van der Waals surface area contributed by atoms with Gasteiger partial charge in [0.25, 0.3) is 11.6 Å². The zero-order chi connectivity index (χ0) is 24.2. The number of nitrogen functional groups attached to an aromatic ring is 1. The molecule has 4 N–H and O–H groups in total. The number of nitrogens with one attached hydrogen (secondary N) is 1. The van der Waals surface area contributed by atoms with Crippen molar-refractivity contribution in [1.29, 1.82) is 0 Å². The molecule has 0 atom stereocenters. The second kappa shape index (κ2) is 8.95. The van der Waals surface area contributed by atoms with Gasteiger partial charge in [0.15, 0.2) is 5.69 Å². The molecule has 2 aromatic carbocycles. The Kier molecular flexibility index (Phi) is 5.73. The van der Waals surface area contributed by atoms with Gasteiger partial charge in [0.2, 0.25) is 11.6 Å². The SMILES string of the molecule is Nc1nonc1-n1nnc(C(=O)NN=Cc2ccccc2C(=O)O)c1-c1ccc([N+](=O)[O-])cc1. The number of nitrogens with zero attached hydrogens (tertiary/aromatic N) is 7. The third-order valence-electron chi connectivity index (χ3n) is 4.49. The van der Waals surface area contributed by atoms with Crippen LogP contribution in [0, 0.1) is 10.1 Å². The largest absolute Gasteiger partial charge is 0.478 e. The first kappa shape index (κ1) is 21.8. The minimum atomic E-state index is -1.16. The van der Waals surface area contributed by atoms with E-state index in [0.717, 1.165) is 10.9 Å². The molecule has 1 amide bonds. The summed E-state index contributed by atoms with van der Waals surface area (Å²) in [5, 5.41) is 38.9. The molecule has 2 heterocycles. The zero-order valence-corrected chi connectivity index (χ0v) is 16.9. The van der Waals surface area contributed by atoms with Crippen molar-refractivity contribution in [2.45, 2.75) is 0 Å². The number of hydrazone groups is 1. The molecule has 0 bridgehead atoms. The molecule has 4 aromatic rings. The molecule has 0 unspecified atom stereocenters. The third-order valence-corrected chi connectivity index (χ3v) is 4.49. The highest BCUT2D eigenvalue weighted by atomic mass is 16.6. The first-order valence-corrected chi connectivity index (χ1v) is 9.31. The first-order valence-electron chi connectivity index (χ1n) is 9.31. The normalized spacial score (nSPS) is 10.9. The Labute approximate surface area is 188 Å². The second-order valence-corrected chi connectivity index (χ2v) is 6.57. The fourth-order valence-electron chi connectivity index (χ4n) is 2.94. The number of aromatic carboxylic acids is 1. The fraction of sp³-hybridized carbons (Fsp3) is 0. The van der Waals surface area contributed by atoms with Crippen LogP contribution in [-0.2, 0) is 0 Å². The third kappa shape index (κ3) is 4.15. The molecule has 0 aliphatic carbocycles. The van der Waals surface area contributed by atoms with Crippen molar-refractivity contribution in [2.75, 3.05) is 5.73 Å². The number of anilines is 1. The lowest BCUT2D eigenvalue weighted by atomic mass is 10.1. The minimum Gasteiger partial charge on any atom is -0.478 e. The van der Waals surface area contributed by atoms with Gasteiger partial charge in [-0.2, -0.15) is 9.78 Å². The van der Waals surface area contributed by atoms with Crippen molar-refractivity contribution in [2.24, 2.45) is 5.10 Å². The maximum Gasteiger partial charge on any atom is 0.336 e. The molecule has 0 spiro atoms. The van der Waals surface area contributed by atoms with Crippen molar-refractivity contribution in [3.63, 3.8) is 0 Å². The van der Waals surface area contributed by atoms with Gasteiger partial charge in [-0.05, 0) is 28.5 Å².